The fourth-order valence-electron chi connectivity index (χ4n) is 1.04. The summed E-state index contributed by atoms with van der Waals surface area (Å²) in [5.41, 5.74) is 6.11. The molecule has 0 aliphatic heterocycles. The molecule has 1 atom stereocenters. The quantitative estimate of drug-likeness (QED) is 0.762. The normalized spacial score (nSPS) is 12.9. The topological polar surface area (TPSA) is 89.1 Å². The van der Waals surface area contributed by atoms with Gasteiger partial charge < -0.3 is 10.8 Å². The maximum absolute atomic E-state index is 10.6. The van der Waals surface area contributed by atoms with Crippen LogP contribution in [-0.2, 0) is 4.79 Å². The van der Waals surface area contributed by atoms with Crippen molar-refractivity contribution in [2.75, 3.05) is 0 Å². The Morgan fingerprint density at radius 1 is 1.64 bits per heavy atom. The summed E-state index contributed by atoms with van der Waals surface area (Å²) in [7, 11) is 0. The predicted octanol–water partition coefficient (Wildman–Crippen LogP) is 0.776. The van der Waals surface area contributed by atoms with Crippen LogP contribution in [-0.4, -0.2) is 21.0 Å². The number of pyridine rings is 1. The van der Waals surface area contributed by atoms with E-state index < -0.39 is 12.0 Å². The molecular weight excluding hydrogens is 202 g/mol. The molecular formula is C8H7N3O2S. The van der Waals surface area contributed by atoms with Crippen molar-refractivity contribution in [2.45, 2.75) is 6.04 Å². The first-order valence-electron chi connectivity index (χ1n) is 3.87. The molecule has 0 saturated heterocycles. The Labute approximate surface area is 83.2 Å². The summed E-state index contributed by atoms with van der Waals surface area (Å²) in [6.07, 6.45) is 3.22. The fourth-order valence-corrected chi connectivity index (χ4v) is 1.97. The molecule has 2 rings (SSSR count). The third kappa shape index (κ3) is 1.45. The summed E-state index contributed by atoms with van der Waals surface area (Å²) in [5, 5.41) is 9.09. The van der Waals surface area contributed by atoms with Gasteiger partial charge in [0.2, 0.25) is 0 Å². The first-order valence-corrected chi connectivity index (χ1v) is 4.69. The van der Waals surface area contributed by atoms with Crippen LogP contribution in [0.2, 0.25) is 0 Å². The standard InChI is InChI=1S/C8H7N3O2S/c9-6(8(12)13)7-11-4-3-10-2-1-5(4)14-7/h1-3,6H,9H2,(H,12,13). The average molecular weight is 209 g/mol. The minimum Gasteiger partial charge on any atom is -0.480 e. The van der Waals surface area contributed by atoms with Crippen LogP contribution in [0.25, 0.3) is 10.2 Å². The number of rotatable bonds is 2. The Morgan fingerprint density at radius 3 is 3.07 bits per heavy atom. The number of aromatic nitrogens is 2. The highest BCUT2D eigenvalue weighted by Gasteiger charge is 2.18. The fraction of sp³-hybridized carbons (Fsp3) is 0.125. The molecule has 0 saturated carbocycles. The first-order chi connectivity index (χ1) is 6.68. The van der Waals surface area contributed by atoms with Crippen molar-refractivity contribution < 1.29 is 9.90 Å². The molecule has 2 heterocycles. The summed E-state index contributed by atoms with van der Waals surface area (Å²) < 4.78 is 0.895. The van der Waals surface area contributed by atoms with E-state index in [0.29, 0.717) is 10.5 Å². The lowest BCUT2D eigenvalue weighted by Gasteiger charge is -1.98. The van der Waals surface area contributed by atoms with Crippen molar-refractivity contribution >= 4 is 27.5 Å². The number of aliphatic carboxylic acids is 1. The molecule has 1 unspecified atom stereocenters. The molecule has 0 aromatic carbocycles. The van der Waals surface area contributed by atoms with Crippen LogP contribution < -0.4 is 5.73 Å². The Hall–Kier alpha value is -1.53. The van der Waals surface area contributed by atoms with Crippen molar-refractivity contribution in [3.63, 3.8) is 0 Å². The van der Waals surface area contributed by atoms with Crippen molar-refractivity contribution in [2.24, 2.45) is 5.73 Å². The van der Waals surface area contributed by atoms with E-state index in [1.807, 2.05) is 0 Å². The molecule has 0 aliphatic rings. The van der Waals surface area contributed by atoms with Gasteiger partial charge >= 0.3 is 5.97 Å². The third-order valence-electron chi connectivity index (χ3n) is 1.74. The van der Waals surface area contributed by atoms with Gasteiger partial charge in [-0.2, -0.15) is 0 Å². The van der Waals surface area contributed by atoms with Crippen molar-refractivity contribution in [3.8, 4) is 0 Å². The lowest BCUT2D eigenvalue weighted by atomic mass is 10.3. The lowest BCUT2D eigenvalue weighted by molar-refractivity contribution is -0.138. The number of hydrogen-bond donors (Lipinski definition) is 2. The number of hydrogen-bond acceptors (Lipinski definition) is 5. The molecule has 2 aromatic rings. The number of carbonyl (C=O) groups is 1. The number of fused-ring (bicyclic) bond motifs is 1. The maximum atomic E-state index is 10.6. The zero-order valence-corrected chi connectivity index (χ0v) is 7.86. The largest absolute Gasteiger partial charge is 0.480 e. The van der Waals surface area contributed by atoms with E-state index in [4.69, 9.17) is 10.8 Å². The summed E-state index contributed by atoms with van der Waals surface area (Å²) in [4.78, 5) is 18.6. The molecule has 0 spiro atoms. The number of nitrogens with zero attached hydrogens (tertiary/aromatic N) is 2. The van der Waals surface area contributed by atoms with Gasteiger partial charge in [-0.3, -0.25) is 9.78 Å². The lowest BCUT2D eigenvalue weighted by Crippen LogP contribution is -2.20. The summed E-state index contributed by atoms with van der Waals surface area (Å²) in [5.74, 6) is -1.07. The molecule has 0 radical (unpaired) electrons. The van der Waals surface area contributed by atoms with Crippen LogP contribution in [0.5, 0.6) is 0 Å². The highest BCUT2D eigenvalue weighted by atomic mass is 32.1. The zero-order valence-electron chi connectivity index (χ0n) is 7.04. The second kappa shape index (κ2) is 3.32. The highest BCUT2D eigenvalue weighted by Crippen LogP contribution is 2.24. The molecule has 0 aliphatic carbocycles. The Kier molecular flexibility index (Phi) is 2.14. The summed E-state index contributed by atoms with van der Waals surface area (Å²) in [6, 6.07) is 0.734. The number of carboxylic acid groups (broad SMARTS) is 1. The van der Waals surface area contributed by atoms with Gasteiger partial charge in [-0.05, 0) is 6.07 Å². The third-order valence-corrected chi connectivity index (χ3v) is 2.86. The number of nitrogens with two attached hydrogens (primary N) is 1. The molecule has 0 bridgehead atoms. The van der Waals surface area contributed by atoms with Crippen LogP contribution in [0, 0.1) is 0 Å². The van der Waals surface area contributed by atoms with E-state index in [0.717, 1.165) is 4.70 Å². The monoisotopic (exact) mass is 209 g/mol. The zero-order chi connectivity index (χ0) is 10.1. The van der Waals surface area contributed by atoms with Gasteiger partial charge in [0, 0.05) is 6.20 Å². The van der Waals surface area contributed by atoms with Crippen molar-refractivity contribution in [1.82, 2.24) is 9.97 Å². The SMILES string of the molecule is NC(C(=O)O)c1nc2cnccc2s1. The van der Waals surface area contributed by atoms with Crippen LogP contribution in [0.15, 0.2) is 18.5 Å². The van der Waals surface area contributed by atoms with E-state index >= 15 is 0 Å². The summed E-state index contributed by atoms with van der Waals surface area (Å²) in [6.45, 7) is 0. The minimum absolute atomic E-state index is 0.403. The molecule has 72 valence electrons. The van der Waals surface area contributed by atoms with Gasteiger partial charge in [-0.25, -0.2) is 4.98 Å². The van der Waals surface area contributed by atoms with Gasteiger partial charge in [0.25, 0.3) is 0 Å². The molecule has 0 fully saturated rings. The van der Waals surface area contributed by atoms with Crippen molar-refractivity contribution in [3.05, 3.63) is 23.5 Å². The van der Waals surface area contributed by atoms with Gasteiger partial charge in [0.15, 0.2) is 6.04 Å². The highest BCUT2D eigenvalue weighted by molar-refractivity contribution is 7.18. The molecule has 3 N–H and O–H groups in total. The van der Waals surface area contributed by atoms with Crippen molar-refractivity contribution in [1.29, 1.82) is 0 Å². The smallest absolute Gasteiger partial charge is 0.327 e. The van der Waals surface area contributed by atoms with E-state index in [2.05, 4.69) is 9.97 Å². The molecule has 6 heteroatoms. The maximum Gasteiger partial charge on any atom is 0.327 e. The van der Waals surface area contributed by atoms with Gasteiger partial charge in [-0.15, -0.1) is 11.3 Å². The van der Waals surface area contributed by atoms with Gasteiger partial charge in [0.05, 0.1) is 16.4 Å². The van der Waals surface area contributed by atoms with Gasteiger partial charge in [0.1, 0.15) is 5.01 Å². The van der Waals surface area contributed by atoms with E-state index in [-0.39, 0.29) is 0 Å². The molecule has 5 nitrogen and oxygen atoms in total. The van der Waals surface area contributed by atoms with Crippen LogP contribution >= 0.6 is 11.3 Å². The van der Waals surface area contributed by atoms with E-state index in [9.17, 15) is 4.79 Å². The Morgan fingerprint density at radius 2 is 2.43 bits per heavy atom. The number of thiazole rings is 1. The predicted molar refractivity (Wildman–Crippen MR) is 52.0 cm³/mol. The number of carboxylic acids is 1. The molecule has 2 aromatic heterocycles. The Bertz CT molecular complexity index is 449. The average Bonchev–Trinajstić information content (AvgIpc) is 2.59. The van der Waals surface area contributed by atoms with Crippen LogP contribution in [0.4, 0.5) is 0 Å². The second-order valence-electron chi connectivity index (χ2n) is 2.71. The van der Waals surface area contributed by atoms with Gasteiger partial charge in [-0.1, -0.05) is 0 Å². The minimum atomic E-state index is -1.07. The van der Waals surface area contributed by atoms with E-state index in [1.165, 1.54) is 11.3 Å². The molecule has 14 heavy (non-hydrogen) atoms. The molecule has 0 amide bonds. The van der Waals surface area contributed by atoms with E-state index in [1.54, 1.807) is 18.5 Å². The second-order valence-corrected chi connectivity index (χ2v) is 3.77. The van der Waals surface area contributed by atoms with Crippen LogP contribution in [0.1, 0.15) is 11.0 Å². The first kappa shape index (κ1) is 9.04. The summed E-state index contributed by atoms with van der Waals surface area (Å²) >= 11 is 1.28. The Balaban J connectivity index is 2.50. The van der Waals surface area contributed by atoms with Crippen LogP contribution in [0.3, 0.4) is 0 Å².